The third kappa shape index (κ3) is 1.99. The molecule has 1 aliphatic rings. The molecule has 0 atom stereocenters. The number of esters is 2. The first-order valence-corrected chi connectivity index (χ1v) is 3.93. The monoisotopic (exact) mass is 186 g/mol. The maximum atomic E-state index is 11.1. The fourth-order valence-electron chi connectivity index (χ4n) is 0.960. The Labute approximate surface area is 74.9 Å². The lowest BCUT2D eigenvalue weighted by atomic mass is 10.1. The van der Waals surface area contributed by atoms with Gasteiger partial charge in [0.05, 0.1) is 13.2 Å². The Morgan fingerprint density at radius 1 is 1.69 bits per heavy atom. The van der Waals surface area contributed by atoms with Gasteiger partial charge in [-0.05, 0) is 6.92 Å². The number of hydrogen-bond donors (Lipinski definition) is 1. The molecule has 5 heteroatoms. The van der Waals surface area contributed by atoms with Gasteiger partial charge >= 0.3 is 11.9 Å². The predicted octanol–water partition coefficient (Wildman–Crippen LogP) is 0.308. The second kappa shape index (κ2) is 3.93. The first-order valence-electron chi connectivity index (χ1n) is 3.93. The van der Waals surface area contributed by atoms with E-state index in [2.05, 4.69) is 9.47 Å². The molecule has 0 unspecified atom stereocenters. The van der Waals surface area contributed by atoms with Gasteiger partial charge in [-0.2, -0.15) is 0 Å². The van der Waals surface area contributed by atoms with Crippen molar-refractivity contribution in [2.75, 3.05) is 13.2 Å². The van der Waals surface area contributed by atoms with Gasteiger partial charge in [0.25, 0.3) is 0 Å². The molecule has 0 aliphatic carbocycles. The van der Waals surface area contributed by atoms with Gasteiger partial charge in [0.15, 0.2) is 5.57 Å². The summed E-state index contributed by atoms with van der Waals surface area (Å²) in [5.74, 6) is -1.90. The van der Waals surface area contributed by atoms with E-state index in [1.165, 1.54) is 0 Å². The zero-order valence-electron chi connectivity index (χ0n) is 7.20. The van der Waals surface area contributed by atoms with Crippen molar-refractivity contribution < 1.29 is 24.2 Å². The predicted molar refractivity (Wildman–Crippen MR) is 41.9 cm³/mol. The van der Waals surface area contributed by atoms with Crippen molar-refractivity contribution in [3.63, 3.8) is 0 Å². The minimum Gasteiger partial charge on any atom is -0.511 e. The molecule has 0 saturated heterocycles. The highest BCUT2D eigenvalue weighted by molar-refractivity contribution is 6.14. The van der Waals surface area contributed by atoms with Crippen LogP contribution in [0.3, 0.4) is 0 Å². The summed E-state index contributed by atoms with van der Waals surface area (Å²) >= 11 is 0. The van der Waals surface area contributed by atoms with Crippen LogP contribution >= 0.6 is 0 Å². The molecule has 0 bridgehead atoms. The second-order valence-corrected chi connectivity index (χ2v) is 2.43. The van der Waals surface area contributed by atoms with Gasteiger partial charge in [-0.3, -0.25) is 0 Å². The fourth-order valence-corrected chi connectivity index (χ4v) is 0.960. The molecule has 0 amide bonds. The van der Waals surface area contributed by atoms with Crippen LogP contribution in [0.2, 0.25) is 0 Å². The SMILES string of the molecule is CCOC(=O)C1=C(O)CCOC1=O. The Morgan fingerprint density at radius 2 is 2.38 bits per heavy atom. The molecular formula is C8H10O5. The normalized spacial score (nSPS) is 16.8. The lowest BCUT2D eigenvalue weighted by Crippen LogP contribution is -2.25. The number of carbonyl (C=O) groups is 2. The molecule has 13 heavy (non-hydrogen) atoms. The van der Waals surface area contributed by atoms with E-state index in [1.54, 1.807) is 6.92 Å². The van der Waals surface area contributed by atoms with Gasteiger partial charge in [-0.15, -0.1) is 0 Å². The molecule has 0 fully saturated rings. The summed E-state index contributed by atoms with van der Waals surface area (Å²) in [5.41, 5.74) is -0.381. The molecule has 0 aromatic rings. The Hall–Kier alpha value is -1.52. The maximum absolute atomic E-state index is 11.1. The topological polar surface area (TPSA) is 72.8 Å². The molecule has 1 rings (SSSR count). The molecule has 1 heterocycles. The Kier molecular flexibility index (Phi) is 2.89. The van der Waals surface area contributed by atoms with E-state index >= 15 is 0 Å². The van der Waals surface area contributed by atoms with Gasteiger partial charge < -0.3 is 14.6 Å². The van der Waals surface area contributed by atoms with Crippen LogP contribution in [0, 0.1) is 0 Å². The number of aliphatic hydroxyl groups excluding tert-OH is 1. The summed E-state index contributed by atoms with van der Waals surface area (Å²) in [6, 6.07) is 0. The number of aliphatic hydroxyl groups is 1. The van der Waals surface area contributed by atoms with E-state index in [0.29, 0.717) is 0 Å². The molecule has 5 nitrogen and oxygen atoms in total. The maximum Gasteiger partial charge on any atom is 0.349 e. The average molecular weight is 186 g/mol. The standard InChI is InChI=1S/C8H10O5/c1-2-12-7(10)6-5(9)3-4-13-8(6)11/h9H,2-4H2,1H3. The van der Waals surface area contributed by atoms with Crippen LogP contribution in [-0.4, -0.2) is 30.3 Å². The number of hydrogen-bond acceptors (Lipinski definition) is 5. The quantitative estimate of drug-likeness (QED) is 0.496. The van der Waals surface area contributed by atoms with Crippen molar-refractivity contribution in [3.05, 3.63) is 11.3 Å². The van der Waals surface area contributed by atoms with Crippen molar-refractivity contribution in [2.45, 2.75) is 13.3 Å². The van der Waals surface area contributed by atoms with Crippen LogP contribution in [0.1, 0.15) is 13.3 Å². The highest BCUT2D eigenvalue weighted by Crippen LogP contribution is 2.15. The summed E-state index contributed by atoms with van der Waals surface area (Å²) < 4.78 is 9.14. The Morgan fingerprint density at radius 3 is 2.92 bits per heavy atom. The van der Waals surface area contributed by atoms with Crippen molar-refractivity contribution in [3.8, 4) is 0 Å². The van der Waals surface area contributed by atoms with Crippen LogP contribution in [0.5, 0.6) is 0 Å². The van der Waals surface area contributed by atoms with Crippen LogP contribution < -0.4 is 0 Å². The molecule has 0 aromatic carbocycles. The third-order valence-electron chi connectivity index (χ3n) is 1.54. The molecule has 0 aromatic heterocycles. The lowest BCUT2D eigenvalue weighted by molar-refractivity contribution is -0.148. The second-order valence-electron chi connectivity index (χ2n) is 2.43. The van der Waals surface area contributed by atoms with Crippen molar-refractivity contribution in [2.24, 2.45) is 0 Å². The molecule has 0 spiro atoms. The number of carbonyl (C=O) groups excluding carboxylic acids is 2. The summed E-state index contributed by atoms with van der Waals surface area (Å²) in [6.45, 7) is 1.88. The summed E-state index contributed by atoms with van der Waals surface area (Å²) in [6.07, 6.45) is 0.167. The van der Waals surface area contributed by atoms with Crippen molar-refractivity contribution in [1.82, 2.24) is 0 Å². The van der Waals surface area contributed by atoms with E-state index in [4.69, 9.17) is 0 Å². The zero-order valence-corrected chi connectivity index (χ0v) is 7.20. The van der Waals surface area contributed by atoms with Crippen LogP contribution in [-0.2, 0) is 19.1 Å². The number of ether oxygens (including phenoxy) is 2. The van der Waals surface area contributed by atoms with Gasteiger partial charge in [0, 0.05) is 6.42 Å². The Bertz CT molecular complexity index is 266. The van der Waals surface area contributed by atoms with E-state index in [1.807, 2.05) is 0 Å². The number of rotatable bonds is 2. The first-order chi connectivity index (χ1) is 6.16. The van der Waals surface area contributed by atoms with E-state index in [9.17, 15) is 14.7 Å². The number of cyclic esters (lactones) is 1. The van der Waals surface area contributed by atoms with Gasteiger partial charge in [-0.25, -0.2) is 9.59 Å². The highest BCUT2D eigenvalue weighted by Gasteiger charge is 2.29. The molecular weight excluding hydrogens is 176 g/mol. The smallest absolute Gasteiger partial charge is 0.349 e. The molecule has 1 aliphatic heterocycles. The molecule has 72 valence electrons. The molecule has 1 N–H and O–H groups in total. The van der Waals surface area contributed by atoms with Crippen molar-refractivity contribution >= 4 is 11.9 Å². The summed E-state index contributed by atoms with van der Waals surface area (Å²) in [5, 5.41) is 9.21. The van der Waals surface area contributed by atoms with Crippen LogP contribution in [0.15, 0.2) is 11.3 Å². The van der Waals surface area contributed by atoms with Crippen LogP contribution in [0.25, 0.3) is 0 Å². The van der Waals surface area contributed by atoms with Gasteiger partial charge in [0.1, 0.15) is 5.76 Å². The fraction of sp³-hybridized carbons (Fsp3) is 0.500. The van der Waals surface area contributed by atoms with Crippen molar-refractivity contribution in [1.29, 1.82) is 0 Å². The highest BCUT2D eigenvalue weighted by atomic mass is 16.6. The van der Waals surface area contributed by atoms with Gasteiger partial charge in [-0.1, -0.05) is 0 Å². The van der Waals surface area contributed by atoms with E-state index in [0.717, 1.165) is 0 Å². The molecule has 0 saturated carbocycles. The first kappa shape index (κ1) is 9.57. The third-order valence-corrected chi connectivity index (χ3v) is 1.54. The molecule has 0 radical (unpaired) electrons. The van der Waals surface area contributed by atoms with Crippen LogP contribution in [0.4, 0.5) is 0 Å². The largest absolute Gasteiger partial charge is 0.511 e. The zero-order chi connectivity index (χ0) is 9.84. The minimum absolute atomic E-state index is 0.105. The summed E-state index contributed by atoms with van der Waals surface area (Å²) in [4.78, 5) is 22.1. The van der Waals surface area contributed by atoms with E-state index in [-0.39, 0.29) is 31.0 Å². The Balaban J connectivity index is 2.85. The van der Waals surface area contributed by atoms with Gasteiger partial charge in [0.2, 0.25) is 0 Å². The lowest BCUT2D eigenvalue weighted by Gasteiger charge is -2.14. The average Bonchev–Trinajstić information content (AvgIpc) is 2.04. The van der Waals surface area contributed by atoms with E-state index < -0.39 is 11.9 Å². The minimum atomic E-state index is -0.829. The summed E-state index contributed by atoms with van der Waals surface area (Å²) in [7, 11) is 0.